The van der Waals surface area contributed by atoms with Crippen molar-refractivity contribution < 1.29 is 18.7 Å². The molecule has 0 N–H and O–H groups in total. The molecule has 4 heteroatoms. The molecule has 0 saturated carbocycles. The topological polar surface area (TPSA) is 43.4 Å². The van der Waals surface area contributed by atoms with Crippen LogP contribution in [0.5, 0.6) is 0 Å². The molecule has 0 saturated heterocycles. The summed E-state index contributed by atoms with van der Waals surface area (Å²) in [5, 5.41) is 0. The Morgan fingerprint density at radius 3 is 2.10 bits per heavy atom. The second-order valence-corrected chi connectivity index (χ2v) is 7.55. The van der Waals surface area contributed by atoms with Crippen molar-refractivity contribution >= 4 is 17.8 Å². The van der Waals surface area contributed by atoms with Gasteiger partial charge in [-0.15, -0.1) is 0 Å². The highest BCUT2D eigenvalue weighted by molar-refractivity contribution is 6.01. The largest absolute Gasteiger partial charge is 0.459 e. The lowest BCUT2D eigenvalue weighted by atomic mass is 9.87. The number of benzene rings is 3. The van der Waals surface area contributed by atoms with Crippen LogP contribution < -0.4 is 0 Å². The van der Waals surface area contributed by atoms with E-state index >= 15 is 0 Å². The summed E-state index contributed by atoms with van der Waals surface area (Å²) in [7, 11) is 0. The Bertz CT molecular complexity index is 1040. The average molecular weight is 416 g/mol. The predicted molar refractivity (Wildman–Crippen MR) is 121 cm³/mol. The van der Waals surface area contributed by atoms with E-state index in [1.807, 2.05) is 42.5 Å². The van der Waals surface area contributed by atoms with Gasteiger partial charge in [-0.05, 0) is 67.8 Å². The number of esters is 1. The van der Waals surface area contributed by atoms with Crippen LogP contribution in [0.1, 0.15) is 58.0 Å². The molecule has 31 heavy (non-hydrogen) atoms. The molecular formula is C27H25FO3. The van der Waals surface area contributed by atoms with Crippen LogP contribution in [0, 0.1) is 5.82 Å². The number of ketones is 1. The number of carbonyl (C=O) groups is 2. The number of rotatable bonds is 8. The van der Waals surface area contributed by atoms with Gasteiger partial charge in [0.15, 0.2) is 5.78 Å². The van der Waals surface area contributed by atoms with Crippen LogP contribution in [0.15, 0.2) is 84.9 Å². The highest BCUT2D eigenvalue weighted by Gasteiger charge is 2.22. The molecule has 1 atom stereocenters. The van der Waals surface area contributed by atoms with Crippen LogP contribution in [0.3, 0.4) is 0 Å². The van der Waals surface area contributed by atoms with Gasteiger partial charge in [-0.1, -0.05) is 54.6 Å². The third kappa shape index (κ3) is 6.22. The van der Waals surface area contributed by atoms with Crippen LogP contribution in [0.25, 0.3) is 6.08 Å². The van der Waals surface area contributed by atoms with E-state index in [1.165, 1.54) is 24.3 Å². The van der Waals surface area contributed by atoms with E-state index in [0.717, 1.165) is 11.1 Å². The van der Waals surface area contributed by atoms with Gasteiger partial charge in [-0.2, -0.15) is 0 Å². The van der Waals surface area contributed by atoms with E-state index in [4.69, 9.17) is 4.74 Å². The van der Waals surface area contributed by atoms with Crippen LogP contribution >= 0.6 is 0 Å². The number of allylic oxidation sites excluding steroid dienone is 1. The predicted octanol–water partition coefficient (Wildman–Crippen LogP) is 6.46. The molecule has 1 unspecified atom stereocenters. The molecule has 0 aliphatic rings. The lowest BCUT2D eigenvalue weighted by Crippen LogP contribution is -2.14. The van der Waals surface area contributed by atoms with Crippen molar-refractivity contribution in [1.82, 2.24) is 0 Å². The molecule has 0 aliphatic heterocycles. The Labute approximate surface area is 182 Å². The maximum atomic E-state index is 13.3. The quantitative estimate of drug-likeness (QED) is 0.313. The Balaban J connectivity index is 1.85. The van der Waals surface area contributed by atoms with Gasteiger partial charge in [0.25, 0.3) is 0 Å². The molecule has 0 fully saturated rings. The normalized spacial score (nSPS) is 12.1. The van der Waals surface area contributed by atoms with Crippen molar-refractivity contribution in [3.05, 3.63) is 113 Å². The average Bonchev–Trinajstić information content (AvgIpc) is 2.77. The van der Waals surface area contributed by atoms with Gasteiger partial charge >= 0.3 is 5.97 Å². The minimum Gasteiger partial charge on any atom is -0.459 e. The molecule has 0 radical (unpaired) electrons. The number of ether oxygens (including phenoxy) is 1. The number of carbonyl (C=O) groups excluding carboxylic acids is 2. The van der Waals surface area contributed by atoms with Gasteiger partial charge < -0.3 is 4.74 Å². The lowest BCUT2D eigenvalue weighted by Gasteiger charge is -2.16. The van der Waals surface area contributed by atoms with Gasteiger partial charge in [0.05, 0.1) is 17.6 Å². The first-order valence-corrected chi connectivity index (χ1v) is 10.3. The molecule has 3 aromatic carbocycles. The smallest absolute Gasteiger partial charge is 0.338 e. The van der Waals surface area contributed by atoms with Crippen molar-refractivity contribution in [3.63, 3.8) is 0 Å². The molecule has 0 amide bonds. The second kappa shape index (κ2) is 10.5. The van der Waals surface area contributed by atoms with Crippen molar-refractivity contribution in [3.8, 4) is 0 Å². The van der Waals surface area contributed by atoms with Gasteiger partial charge in [0, 0.05) is 5.56 Å². The maximum absolute atomic E-state index is 13.3. The summed E-state index contributed by atoms with van der Waals surface area (Å²) in [5.41, 5.74) is 2.71. The summed E-state index contributed by atoms with van der Waals surface area (Å²) in [6.45, 7) is 3.59. The Hall–Kier alpha value is -3.53. The molecule has 0 bridgehead atoms. The van der Waals surface area contributed by atoms with Crippen molar-refractivity contribution in [2.75, 3.05) is 0 Å². The Morgan fingerprint density at radius 1 is 0.871 bits per heavy atom. The molecule has 0 aliphatic carbocycles. The summed E-state index contributed by atoms with van der Waals surface area (Å²) in [5.74, 6) is -1.34. The zero-order chi connectivity index (χ0) is 22.2. The molecule has 0 aromatic heterocycles. The standard InChI is InChI=1S/C27H25FO3/c1-19(2)31-27(30)23-13-11-21(12-14-23)25(10-6-9-20-7-4-3-5-8-20)26(29)22-15-17-24(28)18-16-22/h3-9,11-19,25H,10H2,1-2H3/b9-6+. The lowest BCUT2D eigenvalue weighted by molar-refractivity contribution is 0.0378. The van der Waals surface area contributed by atoms with E-state index in [1.54, 1.807) is 38.1 Å². The third-order valence-corrected chi connectivity index (χ3v) is 4.82. The van der Waals surface area contributed by atoms with Gasteiger partial charge in [0.1, 0.15) is 5.82 Å². The molecule has 0 heterocycles. The summed E-state index contributed by atoms with van der Waals surface area (Å²) >= 11 is 0. The van der Waals surface area contributed by atoms with E-state index in [-0.39, 0.29) is 17.7 Å². The van der Waals surface area contributed by atoms with E-state index in [2.05, 4.69) is 0 Å². The first-order valence-electron chi connectivity index (χ1n) is 10.3. The zero-order valence-electron chi connectivity index (χ0n) is 17.6. The SMILES string of the molecule is CC(C)OC(=O)c1ccc(C(C/C=C/c2ccccc2)C(=O)c2ccc(F)cc2)cc1. The molecule has 3 aromatic rings. The summed E-state index contributed by atoms with van der Waals surface area (Å²) < 4.78 is 18.5. The first-order chi connectivity index (χ1) is 14.9. The number of hydrogen-bond donors (Lipinski definition) is 0. The molecular weight excluding hydrogens is 391 g/mol. The Kier molecular flexibility index (Phi) is 7.50. The van der Waals surface area contributed by atoms with E-state index in [0.29, 0.717) is 17.5 Å². The maximum Gasteiger partial charge on any atom is 0.338 e. The number of Topliss-reactive ketones (excluding diaryl/α,β-unsaturated/α-hetero) is 1. The zero-order valence-corrected chi connectivity index (χ0v) is 17.6. The minimum atomic E-state index is -0.458. The molecule has 3 nitrogen and oxygen atoms in total. The Morgan fingerprint density at radius 2 is 1.48 bits per heavy atom. The van der Waals surface area contributed by atoms with Gasteiger partial charge in [-0.3, -0.25) is 4.79 Å². The second-order valence-electron chi connectivity index (χ2n) is 7.55. The number of hydrogen-bond acceptors (Lipinski definition) is 3. The third-order valence-electron chi connectivity index (χ3n) is 4.82. The highest BCUT2D eigenvalue weighted by Crippen LogP contribution is 2.26. The van der Waals surface area contributed by atoms with E-state index < -0.39 is 11.9 Å². The fourth-order valence-electron chi connectivity index (χ4n) is 3.25. The van der Waals surface area contributed by atoms with Crippen LogP contribution in [-0.4, -0.2) is 17.9 Å². The summed E-state index contributed by atoms with van der Waals surface area (Å²) in [6.07, 6.45) is 4.20. The van der Waals surface area contributed by atoms with Crippen LogP contribution in [-0.2, 0) is 4.74 Å². The monoisotopic (exact) mass is 416 g/mol. The summed E-state index contributed by atoms with van der Waals surface area (Å²) in [4.78, 5) is 25.3. The van der Waals surface area contributed by atoms with Crippen LogP contribution in [0.4, 0.5) is 4.39 Å². The van der Waals surface area contributed by atoms with E-state index in [9.17, 15) is 14.0 Å². The van der Waals surface area contributed by atoms with Crippen molar-refractivity contribution in [2.24, 2.45) is 0 Å². The molecule has 3 rings (SSSR count). The fourth-order valence-corrected chi connectivity index (χ4v) is 3.25. The highest BCUT2D eigenvalue weighted by atomic mass is 19.1. The summed E-state index contributed by atoms with van der Waals surface area (Å²) in [6, 6.07) is 22.3. The molecule has 0 spiro atoms. The van der Waals surface area contributed by atoms with Gasteiger partial charge in [0.2, 0.25) is 0 Å². The van der Waals surface area contributed by atoms with Crippen molar-refractivity contribution in [2.45, 2.75) is 32.3 Å². The van der Waals surface area contributed by atoms with Crippen LogP contribution in [0.2, 0.25) is 0 Å². The van der Waals surface area contributed by atoms with Gasteiger partial charge in [-0.25, -0.2) is 9.18 Å². The number of halogens is 1. The fraction of sp³-hybridized carbons (Fsp3) is 0.185. The first kappa shape index (κ1) is 22.2. The van der Waals surface area contributed by atoms with Crippen molar-refractivity contribution in [1.29, 1.82) is 0 Å². The molecule has 158 valence electrons. The minimum absolute atomic E-state index is 0.102.